The van der Waals surface area contributed by atoms with Crippen molar-refractivity contribution in [2.24, 2.45) is 5.92 Å². The van der Waals surface area contributed by atoms with Crippen molar-refractivity contribution >= 4 is 11.3 Å². The van der Waals surface area contributed by atoms with Gasteiger partial charge in [0.25, 0.3) is 0 Å². The molecule has 0 radical (unpaired) electrons. The molecule has 84 valence electrons. The second-order valence-corrected chi connectivity index (χ2v) is 5.61. The molecule has 1 aromatic rings. The van der Waals surface area contributed by atoms with Gasteiger partial charge >= 0.3 is 0 Å². The van der Waals surface area contributed by atoms with Gasteiger partial charge in [-0.25, -0.2) is 0 Å². The van der Waals surface area contributed by atoms with Gasteiger partial charge in [0.05, 0.1) is 0 Å². The van der Waals surface area contributed by atoms with E-state index in [1.807, 2.05) is 11.3 Å². The Bertz CT molecular complexity index is 300. The Balaban J connectivity index is 1.95. The molecule has 1 aromatic heterocycles. The van der Waals surface area contributed by atoms with Gasteiger partial charge in [-0.1, -0.05) is 20.3 Å². The van der Waals surface area contributed by atoms with Crippen LogP contribution < -0.4 is 0 Å². The predicted octanol–water partition coefficient (Wildman–Crippen LogP) is 3.78. The molecular formula is C12H20N2S. The summed E-state index contributed by atoms with van der Waals surface area (Å²) < 4.78 is 0. The van der Waals surface area contributed by atoms with Gasteiger partial charge in [0.2, 0.25) is 0 Å². The third kappa shape index (κ3) is 2.57. The molecule has 2 rings (SSSR count). The van der Waals surface area contributed by atoms with Crippen LogP contribution in [0, 0.1) is 5.92 Å². The molecule has 0 aliphatic heterocycles. The Morgan fingerprint density at radius 3 is 2.40 bits per heavy atom. The molecule has 1 fully saturated rings. The van der Waals surface area contributed by atoms with E-state index in [9.17, 15) is 0 Å². The highest BCUT2D eigenvalue weighted by Crippen LogP contribution is 2.37. The van der Waals surface area contributed by atoms with E-state index in [0.717, 1.165) is 12.3 Å². The standard InChI is InChI=1S/C12H20N2S/c1-3-9-5-7-10(8-6-9)12-14-13-11(4-2)15-12/h9-10H,3-8H2,1-2H3/t9-,10-. The van der Waals surface area contributed by atoms with E-state index in [-0.39, 0.29) is 0 Å². The van der Waals surface area contributed by atoms with Gasteiger partial charge < -0.3 is 0 Å². The molecule has 0 unspecified atom stereocenters. The average molecular weight is 224 g/mol. The van der Waals surface area contributed by atoms with Crippen LogP contribution in [0.2, 0.25) is 0 Å². The summed E-state index contributed by atoms with van der Waals surface area (Å²) in [6, 6.07) is 0. The van der Waals surface area contributed by atoms with E-state index in [1.54, 1.807) is 0 Å². The van der Waals surface area contributed by atoms with Gasteiger partial charge in [-0.05, 0) is 38.0 Å². The summed E-state index contributed by atoms with van der Waals surface area (Å²) in [5, 5.41) is 11.0. The van der Waals surface area contributed by atoms with Crippen molar-refractivity contribution in [3.63, 3.8) is 0 Å². The molecule has 2 nitrogen and oxygen atoms in total. The number of rotatable bonds is 3. The van der Waals surface area contributed by atoms with E-state index in [4.69, 9.17) is 0 Å². The summed E-state index contributed by atoms with van der Waals surface area (Å²) in [7, 11) is 0. The zero-order chi connectivity index (χ0) is 10.7. The Kier molecular flexibility index (Phi) is 3.73. The summed E-state index contributed by atoms with van der Waals surface area (Å²) >= 11 is 1.83. The zero-order valence-corrected chi connectivity index (χ0v) is 10.5. The lowest BCUT2D eigenvalue weighted by Crippen LogP contribution is -2.12. The van der Waals surface area contributed by atoms with Gasteiger partial charge in [-0.15, -0.1) is 21.5 Å². The molecule has 0 N–H and O–H groups in total. The van der Waals surface area contributed by atoms with Gasteiger partial charge in [0.1, 0.15) is 10.0 Å². The average Bonchev–Trinajstić information content (AvgIpc) is 2.78. The molecule has 0 aromatic carbocycles. The van der Waals surface area contributed by atoms with Crippen LogP contribution in [-0.4, -0.2) is 10.2 Å². The number of hydrogen-bond donors (Lipinski definition) is 0. The minimum absolute atomic E-state index is 0.714. The van der Waals surface area contributed by atoms with E-state index in [1.165, 1.54) is 42.1 Å². The van der Waals surface area contributed by atoms with Crippen molar-refractivity contribution in [1.29, 1.82) is 0 Å². The summed E-state index contributed by atoms with van der Waals surface area (Å²) in [5.74, 6) is 1.69. The topological polar surface area (TPSA) is 25.8 Å². The maximum Gasteiger partial charge on any atom is 0.120 e. The fourth-order valence-electron chi connectivity index (χ4n) is 2.39. The van der Waals surface area contributed by atoms with E-state index >= 15 is 0 Å². The van der Waals surface area contributed by atoms with Crippen molar-refractivity contribution in [2.45, 2.75) is 58.3 Å². The van der Waals surface area contributed by atoms with E-state index in [0.29, 0.717) is 5.92 Å². The molecule has 15 heavy (non-hydrogen) atoms. The molecule has 1 aliphatic rings. The summed E-state index contributed by atoms with van der Waals surface area (Å²) in [5.41, 5.74) is 0. The van der Waals surface area contributed by atoms with Gasteiger partial charge in [-0.2, -0.15) is 0 Å². The highest BCUT2D eigenvalue weighted by atomic mass is 32.1. The van der Waals surface area contributed by atoms with Gasteiger partial charge in [-0.3, -0.25) is 0 Å². The first-order valence-corrected chi connectivity index (χ1v) is 6.97. The van der Waals surface area contributed by atoms with Crippen molar-refractivity contribution < 1.29 is 0 Å². The molecule has 0 saturated heterocycles. The summed E-state index contributed by atoms with van der Waals surface area (Å²) in [6.07, 6.45) is 7.82. The van der Waals surface area contributed by atoms with Crippen LogP contribution in [0.3, 0.4) is 0 Å². The van der Waals surface area contributed by atoms with Crippen LogP contribution >= 0.6 is 11.3 Å². The highest BCUT2D eigenvalue weighted by Gasteiger charge is 2.23. The third-order valence-electron chi connectivity index (χ3n) is 3.56. The Hall–Kier alpha value is -0.440. The van der Waals surface area contributed by atoms with Crippen LogP contribution in [0.5, 0.6) is 0 Å². The Morgan fingerprint density at radius 2 is 1.87 bits per heavy atom. The van der Waals surface area contributed by atoms with Crippen molar-refractivity contribution in [1.82, 2.24) is 10.2 Å². The zero-order valence-electron chi connectivity index (χ0n) is 9.70. The van der Waals surface area contributed by atoms with Crippen molar-refractivity contribution in [3.05, 3.63) is 10.0 Å². The molecule has 1 heterocycles. The SMILES string of the molecule is CCc1nnc([C@H]2CC[C@H](CC)CC2)s1. The predicted molar refractivity (Wildman–Crippen MR) is 64.3 cm³/mol. The normalized spacial score (nSPS) is 26.8. The molecule has 0 bridgehead atoms. The number of nitrogens with zero attached hydrogens (tertiary/aromatic N) is 2. The second-order valence-electron chi connectivity index (χ2n) is 4.51. The van der Waals surface area contributed by atoms with E-state index < -0.39 is 0 Å². The molecule has 0 spiro atoms. The smallest absolute Gasteiger partial charge is 0.120 e. The first-order chi connectivity index (χ1) is 7.33. The van der Waals surface area contributed by atoms with Crippen LogP contribution in [-0.2, 0) is 6.42 Å². The maximum absolute atomic E-state index is 4.33. The molecule has 3 heteroatoms. The molecular weight excluding hydrogens is 204 g/mol. The molecule has 1 saturated carbocycles. The maximum atomic E-state index is 4.33. The second kappa shape index (κ2) is 5.06. The van der Waals surface area contributed by atoms with Crippen LogP contribution in [0.25, 0.3) is 0 Å². The molecule has 1 aliphatic carbocycles. The Labute approximate surface area is 96.1 Å². The first kappa shape index (κ1) is 11.1. The van der Waals surface area contributed by atoms with Crippen LogP contribution in [0.4, 0.5) is 0 Å². The van der Waals surface area contributed by atoms with Gasteiger partial charge in [0.15, 0.2) is 0 Å². The molecule has 0 amide bonds. The minimum atomic E-state index is 0.714. The quantitative estimate of drug-likeness (QED) is 0.780. The lowest BCUT2D eigenvalue weighted by molar-refractivity contribution is 0.317. The minimum Gasteiger partial charge on any atom is -0.144 e. The number of aryl methyl sites for hydroxylation is 1. The summed E-state index contributed by atoms with van der Waals surface area (Å²) in [6.45, 7) is 4.46. The number of hydrogen-bond acceptors (Lipinski definition) is 3. The van der Waals surface area contributed by atoms with Crippen molar-refractivity contribution in [3.8, 4) is 0 Å². The fourth-order valence-corrected chi connectivity index (χ4v) is 3.34. The van der Waals surface area contributed by atoms with Crippen LogP contribution in [0.1, 0.15) is 61.9 Å². The lowest BCUT2D eigenvalue weighted by atomic mass is 9.81. The fraction of sp³-hybridized carbons (Fsp3) is 0.833. The van der Waals surface area contributed by atoms with Crippen LogP contribution in [0.15, 0.2) is 0 Å². The largest absolute Gasteiger partial charge is 0.144 e. The number of aromatic nitrogens is 2. The van der Waals surface area contributed by atoms with E-state index in [2.05, 4.69) is 24.0 Å². The third-order valence-corrected chi connectivity index (χ3v) is 4.79. The first-order valence-electron chi connectivity index (χ1n) is 6.15. The summed E-state index contributed by atoms with van der Waals surface area (Å²) in [4.78, 5) is 0. The molecule has 0 atom stereocenters. The lowest BCUT2D eigenvalue weighted by Gasteiger charge is -2.25. The Morgan fingerprint density at radius 1 is 1.13 bits per heavy atom. The van der Waals surface area contributed by atoms with Crippen molar-refractivity contribution in [2.75, 3.05) is 0 Å². The highest BCUT2D eigenvalue weighted by molar-refractivity contribution is 7.11. The van der Waals surface area contributed by atoms with Gasteiger partial charge in [0, 0.05) is 5.92 Å². The monoisotopic (exact) mass is 224 g/mol.